The summed E-state index contributed by atoms with van der Waals surface area (Å²) in [5, 5.41) is 0. The van der Waals surface area contributed by atoms with E-state index in [1.54, 1.807) is 20.8 Å². The van der Waals surface area contributed by atoms with Crippen molar-refractivity contribution in [2.45, 2.75) is 20.8 Å². The van der Waals surface area contributed by atoms with Crippen molar-refractivity contribution in [2.75, 3.05) is 13.0 Å². The van der Waals surface area contributed by atoms with Crippen LogP contribution in [-0.2, 0) is 23.8 Å². The largest absolute Gasteiger partial charge is 0.437 e. The third-order valence-electron chi connectivity index (χ3n) is 1.06. The summed E-state index contributed by atoms with van der Waals surface area (Å²) in [6.45, 7) is 4.43. The number of hydrogen-bond donors (Lipinski definition) is 0. The maximum atomic E-state index is 11.1. The molecule has 0 aliphatic rings. The fourth-order valence-electron chi connectivity index (χ4n) is 0.381. The highest BCUT2D eigenvalue weighted by Crippen LogP contribution is 2.14. The molecule has 13 heavy (non-hydrogen) atoms. The minimum absolute atomic E-state index is 0.504. The van der Waals surface area contributed by atoms with Gasteiger partial charge in [0.25, 0.3) is 10.1 Å². The highest BCUT2D eigenvalue weighted by atomic mass is 32.2. The summed E-state index contributed by atoms with van der Waals surface area (Å²) in [6.07, 6.45) is 0.887. The van der Waals surface area contributed by atoms with E-state index in [4.69, 9.17) is 0 Å². The van der Waals surface area contributed by atoms with Gasteiger partial charge in [0, 0.05) is 0 Å². The Morgan fingerprint density at radius 2 is 1.77 bits per heavy atom. The van der Waals surface area contributed by atoms with Gasteiger partial charge in [0.1, 0.15) is 0 Å². The Labute approximate surface area is 78.2 Å². The number of carbonyl (C=O) groups is 1. The van der Waals surface area contributed by atoms with Crippen molar-refractivity contribution in [3.05, 3.63) is 0 Å². The Kier molecular flexibility index (Phi) is 3.87. The summed E-state index contributed by atoms with van der Waals surface area (Å²) in [6, 6.07) is 0. The zero-order valence-corrected chi connectivity index (χ0v) is 8.97. The van der Waals surface area contributed by atoms with Gasteiger partial charge in [-0.1, -0.05) is 0 Å². The average molecular weight is 210 g/mol. The molecule has 0 atom stereocenters. The van der Waals surface area contributed by atoms with Crippen molar-refractivity contribution in [1.82, 2.24) is 0 Å². The van der Waals surface area contributed by atoms with Gasteiger partial charge in [0.05, 0.1) is 11.7 Å². The highest BCUT2D eigenvalue weighted by molar-refractivity contribution is 7.85. The van der Waals surface area contributed by atoms with E-state index in [-0.39, 0.29) is 0 Å². The number of carbonyl (C=O) groups excluding carboxylic acids is 1. The van der Waals surface area contributed by atoms with Gasteiger partial charge in [0.15, 0.2) is 0 Å². The van der Waals surface area contributed by atoms with Gasteiger partial charge in [-0.05, 0) is 20.8 Å². The molecule has 0 N–H and O–H groups in total. The molecule has 0 saturated carbocycles. The smallest absolute Gasteiger partial charge is 0.313 e. The molecule has 0 rings (SSSR count). The van der Waals surface area contributed by atoms with Crippen LogP contribution >= 0.6 is 0 Å². The van der Waals surface area contributed by atoms with E-state index in [0.717, 1.165) is 6.26 Å². The van der Waals surface area contributed by atoms with Crippen LogP contribution in [0.1, 0.15) is 20.8 Å². The standard InChI is InChI=1S/C7H14O5S/c1-7(2,3)6(8)11-5-12-13(4,9)10/h5H2,1-4H3. The quantitative estimate of drug-likeness (QED) is 0.385. The van der Waals surface area contributed by atoms with Gasteiger partial charge >= 0.3 is 5.97 Å². The van der Waals surface area contributed by atoms with Crippen LogP contribution in [-0.4, -0.2) is 27.4 Å². The lowest BCUT2D eigenvalue weighted by atomic mass is 9.98. The third kappa shape index (κ3) is 6.53. The van der Waals surface area contributed by atoms with Crippen molar-refractivity contribution in [1.29, 1.82) is 0 Å². The summed E-state index contributed by atoms with van der Waals surface area (Å²) in [4.78, 5) is 11.1. The summed E-state index contributed by atoms with van der Waals surface area (Å²) in [5.41, 5.74) is -0.652. The third-order valence-corrected chi connectivity index (χ3v) is 1.59. The fourth-order valence-corrected chi connectivity index (χ4v) is 0.604. The summed E-state index contributed by atoms with van der Waals surface area (Å²) < 4.78 is 29.7. The van der Waals surface area contributed by atoms with Crippen LogP contribution in [0.3, 0.4) is 0 Å². The van der Waals surface area contributed by atoms with E-state index in [0.29, 0.717) is 0 Å². The molecule has 0 aromatic heterocycles. The maximum absolute atomic E-state index is 11.1. The van der Waals surface area contributed by atoms with Crippen molar-refractivity contribution in [3.8, 4) is 0 Å². The number of rotatable bonds is 3. The van der Waals surface area contributed by atoms with Crippen LogP contribution in [0.25, 0.3) is 0 Å². The molecule has 0 radical (unpaired) electrons. The first-order valence-electron chi connectivity index (χ1n) is 3.64. The second kappa shape index (κ2) is 4.06. The van der Waals surface area contributed by atoms with Gasteiger partial charge in [-0.25, -0.2) is 4.18 Å². The number of hydrogen-bond acceptors (Lipinski definition) is 5. The van der Waals surface area contributed by atoms with Gasteiger partial charge in [0.2, 0.25) is 6.79 Å². The van der Waals surface area contributed by atoms with Crippen LogP contribution in [0.15, 0.2) is 0 Å². The van der Waals surface area contributed by atoms with E-state index < -0.39 is 28.3 Å². The van der Waals surface area contributed by atoms with Crippen LogP contribution in [0.2, 0.25) is 0 Å². The SMILES string of the molecule is CC(C)(C)C(=O)OCOS(C)(=O)=O. The molecule has 0 aromatic rings. The molecule has 0 aliphatic carbocycles. The molecule has 0 amide bonds. The minimum atomic E-state index is -3.54. The van der Waals surface area contributed by atoms with E-state index >= 15 is 0 Å². The topological polar surface area (TPSA) is 69.7 Å². The van der Waals surface area contributed by atoms with E-state index in [9.17, 15) is 13.2 Å². The molecule has 0 bridgehead atoms. The zero-order valence-electron chi connectivity index (χ0n) is 8.16. The first kappa shape index (κ1) is 12.4. The molecule has 0 saturated heterocycles. The first-order valence-corrected chi connectivity index (χ1v) is 5.46. The predicted octanol–water partition coefficient (Wildman–Crippen LogP) is 0.509. The molecule has 5 nitrogen and oxygen atoms in total. The lowest BCUT2D eigenvalue weighted by Gasteiger charge is -2.15. The Balaban J connectivity index is 3.87. The van der Waals surface area contributed by atoms with E-state index in [1.807, 2.05) is 0 Å². The van der Waals surface area contributed by atoms with Gasteiger partial charge in [-0.3, -0.25) is 4.79 Å². The lowest BCUT2D eigenvalue weighted by Crippen LogP contribution is -2.24. The molecule has 6 heteroatoms. The molecular formula is C7H14O5S. The summed E-state index contributed by atoms with van der Waals surface area (Å²) >= 11 is 0. The van der Waals surface area contributed by atoms with Crippen LogP contribution in [0, 0.1) is 5.41 Å². The van der Waals surface area contributed by atoms with Crippen molar-refractivity contribution >= 4 is 16.1 Å². The van der Waals surface area contributed by atoms with Crippen molar-refractivity contribution in [3.63, 3.8) is 0 Å². The molecule has 78 valence electrons. The number of ether oxygens (including phenoxy) is 1. The molecule has 0 spiro atoms. The summed E-state index contributed by atoms with van der Waals surface area (Å²) in [7, 11) is -3.54. The van der Waals surface area contributed by atoms with Crippen LogP contribution in [0.5, 0.6) is 0 Å². The summed E-state index contributed by atoms with van der Waals surface area (Å²) in [5.74, 6) is -0.504. The maximum Gasteiger partial charge on any atom is 0.313 e. The van der Waals surface area contributed by atoms with Crippen LogP contribution < -0.4 is 0 Å². The molecule has 0 aromatic carbocycles. The lowest BCUT2D eigenvalue weighted by molar-refractivity contribution is -0.159. The first-order chi connectivity index (χ1) is 5.63. The van der Waals surface area contributed by atoms with Crippen molar-refractivity contribution < 1.29 is 22.1 Å². The monoisotopic (exact) mass is 210 g/mol. The molecule has 0 fully saturated rings. The Hall–Kier alpha value is -0.620. The average Bonchev–Trinajstić information content (AvgIpc) is 1.82. The van der Waals surface area contributed by atoms with Crippen molar-refractivity contribution in [2.24, 2.45) is 5.41 Å². The molecule has 0 aliphatic heterocycles. The van der Waals surface area contributed by atoms with Gasteiger partial charge in [-0.2, -0.15) is 8.42 Å². The molecular weight excluding hydrogens is 196 g/mol. The fraction of sp³-hybridized carbons (Fsp3) is 0.857. The minimum Gasteiger partial charge on any atom is -0.437 e. The molecule has 0 heterocycles. The van der Waals surface area contributed by atoms with Crippen LogP contribution in [0.4, 0.5) is 0 Å². The number of esters is 1. The van der Waals surface area contributed by atoms with E-state index in [1.165, 1.54) is 0 Å². The second-order valence-electron chi connectivity index (χ2n) is 3.62. The van der Waals surface area contributed by atoms with Gasteiger partial charge in [-0.15, -0.1) is 0 Å². The Morgan fingerprint density at radius 3 is 2.08 bits per heavy atom. The molecule has 0 unspecified atom stereocenters. The predicted molar refractivity (Wildman–Crippen MR) is 46.3 cm³/mol. The Morgan fingerprint density at radius 1 is 1.31 bits per heavy atom. The zero-order chi connectivity index (χ0) is 10.7. The highest BCUT2D eigenvalue weighted by Gasteiger charge is 2.23. The van der Waals surface area contributed by atoms with Gasteiger partial charge < -0.3 is 4.74 Å². The second-order valence-corrected chi connectivity index (χ2v) is 5.27. The Bertz CT molecular complexity index is 272. The van der Waals surface area contributed by atoms with E-state index in [2.05, 4.69) is 8.92 Å². The normalized spacial score (nSPS) is 12.6.